The van der Waals surface area contributed by atoms with Crippen LogP contribution in [0.25, 0.3) is 11.0 Å². The largest absolute Gasteiger partial charge is 0.381 e. The number of H-pyrrole nitrogens is 1. The average molecular weight is 477 g/mol. The minimum absolute atomic E-state index is 0.0340. The number of aromatic amines is 1. The third-order valence-electron chi connectivity index (χ3n) is 6.89. The molecule has 2 aliphatic rings. The van der Waals surface area contributed by atoms with E-state index in [1.54, 1.807) is 6.20 Å². The number of carbonyl (C=O) groups excluding carboxylic acids is 1. The standard InChI is InChI=1S/C26H32N6O3/c1-2-19-14-23-24(30-25(19)33)13-18(15-27-23)17-31-7-9-32(10-8-31)21-3-4-22(28-16-21)26(34)29-20-5-11-35-12-6-20/h3-4,13-16,20H,2,5-12,17H2,1H3,(H,29,34)(H,30,33). The fourth-order valence-corrected chi connectivity index (χ4v) is 4.75. The van der Waals surface area contributed by atoms with E-state index in [2.05, 4.69) is 30.1 Å². The smallest absolute Gasteiger partial charge is 0.270 e. The molecule has 35 heavy (non-hydrogen) atoms. The van der Waals surface area contributed by atoms with Crippen molar-refractivity contribution in [3.8, 4) is 0 Å². The monoisotopic (exact) mass is 476 g/mol. The summed E-state index contributed by atoms with van der Waals surface area (Å²) >= 11 is 0. The van der Waals surface area contributed by atoms with Crippen molar-refractivity contribution in [2.24, 2.45) is 0 Å². The first kappa shape index (κ1) is 23.4. The molecule has 0 bridgehead atoms. The summed E-state index contributed by atoms with van der Waals surface area (Å²) in [5, 5.41) is 3.06. The van der Waals surface area contributed by atoms with Gasteiger partial charge in [-0.1, -0.05) is 6.92 Å². The zero-order chi connectivity index (χ0) is 24.2. The molecule has 2 N–H and O–H groups in total. The van der Waals surface area contributed by atoms with Gasteiger partial charge in [0.2, 0.25) is 0 Å². The highest BCUT2D eigenvalue weighted by molar-refractivity contribution is 5.92. The van der Waals surface area contributed by atoms with Gasteiger partial charge in [-0.25, -0.2) is 4.98 Å². The molecule has 5 rings (SSSR count). The minimum atomic E-state index is -0.121. The van der Waals surface area contributed by atoms with Crippen molar-refractivity contribution < 1.29 is 9.53 Å². The first-order valence-corrected chi connectivity index (χ1v) is 12.4. The molecule has 3 aromatic heterocycles. The summed E-state index contributed by atoms with van der Waals surface area (Å²) in [7, 11) is 0. The van der Waals surface area contributed by atoms with E-state index in [9.17, 15) is 9.59 Å². The second kappa shape index (κ2) is 10.5. The van der Waals surface area contributed by atoms with E-state index in [1.807, 2.05) is 37.4 Å². The van der Waals surface area contributed by atoms with Crippen LogP contribution in [0.5, 0.6) is 0 Å². The molecule has 3 aromatic rings. The van der Waals surface area contributed by atoms with E-state index < -0.39 is 0 Å². The summed E-state index contributed by atoms with van der Waals surface area (Å²) in [5.74, 6) is -0.121. The van der Waals surface area contributed by atoms with Gasteiger partial charge in [-0.15, -0.1) is 0 Å². The SMILES string of the molecule is CCc1cc2ncc(CN3CCN(c4ccc(C(=O)NC5CCOCC5)nc4)CC3)cc2[nH]c1=O. The molecular formula is C26H32N6O3. The lowest BCUT2D eigenvalue weighted by Gasteiger charge is -2.36. The fraction of sp³-hybridized carbons (Fsp3) is 0.462. The van der Waals surface area contributed by atoms with Crippen molar-refractivity contribution in [3.63, 3.8) is 0 Å². The number of nitrogens with zero attached hydrogens (tertiary/aromatic N) is 4. The Bertz CT molecular complexity index is 1230. The Morgan fingerprint density at radius 1 is 1.11 bits per heavy atom. The Balaban J connectivity index is 1.15. The molecule has 0 radical (unpaired) electrons. The molecule has 5 heterocycles. The maximum Gasteiger partial charge on any atom is 0.270 e. The molecule has 0 aliphatic carbocycles. The molecule has 1 amide bonds. The van der Waals surface area contributed by atoms with Crippen molar-refractivity contribution in [3.05, 3.63) is 63.8 Å². The number of aromatic nitrogens is 3. The summed E-state index contributed by atoms with van der Waals surface area (Å²) < 4.78 is 5.35. The highest BCUT2D eigenvalue weighted by Crippen LogP contribution is 2.18. The zero-order valence-electron chi connectivity index (χ0n) is 20.1. The number of anilines is 1. The number of piperazine rings is 1. The van der Waals surface area contributed by atoms with Crippen LogP contribution >= 0.6 is 0 Å². The molecule has 9 nitrogen and oxygen atoms in total. The lowest BCUT2D eigenvalue weighted by Crippen LogP contribution is -2.46. The highest BCUT2D eigenvalue weighted by atomic mass is 16.5. The first-order valence-electron chi connectivity index (χ1n) is 12.4. The average Bonchev–Trinajstić information content (AvgIpc) is 2.89. The van der Waals surface area contributed by atoms with Crippen molar-refractivity contribution in [2.45, 2.75) is 38.8 Å². The van der Waals surface area contributed by atoms with Gasteiger partial charge in [-0.05, 0) is 49.1 Å². The van der Waals surface area contributed by atoms with Crippen molar-refractivity contribution in [2.75, 3.05) is 44.3 Å². The number of rotatable bonds is 6. The maximum absolute atomic E-state index is 12.5. The number of hydrogen-bond acceptors (Lipinski definition) is 7. The van der Waals surface area contributed by atoms with Gasteiger partial charge in [0.15, 0.2) is 0 Å². The Labute approximate surface area is 204 Å². The van der Waals surface area contributed by atoms with E-state index in [0.717, 1.165) is 73.4 Å². The molecule has 2 fully saturated rings. The van der Waals surface area contributed by atoms with Gasteiger partial charge >= 0.3 is 0 Å². The van der Waals surface area contributed by atoms with Crippen molar-refractivity contribution in [1.82, 2.24) is 25.2 Å². The Kier molecular flexibility index (Phi) is 7.06. The van der Waals surface area contributed by atoms with E-state index in [0.29, 0.717) is 25.3 Å². The topological polar surface area (TPSA) is 103 Å². The highest BCUT2D eigenvalue weighted by Gasteiger charge is 2.20. The lowest BCUT2D eigenvalue weighted by molar-refractivity contribution is 0.0694. The van der Waals surface area contributed by atoms with Crippen LogP contribution in [0.3, 0.4) is 0 Å². The molecule has 184 valence electrons. The molecule has 9 heteroatoms. The Morgan fingerprint density at radius 3 is 2.63 bits per heavy atom. The van der Waals surface area contributed by atoms with Gasteiger partial charge in [0, 0.05) is 63.7 Å². The van der Waals surface area contributed by atoms with Gasteiger partial charge < -0.3 is 19.9 Å². The number of nitrogens with one attached hydrogen (secondary N) is 2. The van der Waals surface area contributed by atoms with Crippen LogP contribution in [0.1, 0.15) is 41.4 Å². The van der Waals surface area contributed by atoms with Crippen molar-refractivity contribution in [1.29, 1.82) is 0 Å². The van der Waals surface area contributed by atoms with Gasteiger partial charge in [-0.3, -0.25) is 19.5 Å². The summed E-state index contributed by atoms with van der Waals surface area (Å²) in [6, 6.07) is 7.86. The number of fused-ring (bicyclic) bond motifs is 1. The number of aryl methyl sites for hydroxylation is 1. The molecule has 2 aliphatic heterocycles. The zero-order valence-corrected chi connectivity index (χ0v) is 20.1. The van der Waals surface area contributed by atoms with Gasteiger partial charge in [0.25, 0.3) is 11.5 Å². The fourth-order valence-electron chi connectivity index (χ4n) is 4.75. The second-order valence-corrected chi connectivity index (χ2v) is 9.28. The van der Waals surface area contributed by atoms with Crippen LogP contribution in [0.2, 0.25) is 0 Å². The Morgan fingerprint density at radius 2 is 1.91 bits per heavy atom. The van der Waals surface area contributed by atoms with E-state index in [4.69, 9.17) is 4.74 Å². The van der Waals surface area contributed by atoms with Crippen molar-refractivity contribution >= 4 is 22.6 Å². The molecule has 0 aromatic carbocycles. The number of amides is 1. The molecular weight excluding hydrogens is 444 g/mol. The van der Waals surface area contributed by atoms with E-state index >= 15 is 0 Å². The summed E-state index contributed by atoms with van der Waals surface area (Å²) in [6.07, 6.45) is 6.09. The molecule has 2 saturated heterocycles. The number of carbonyl (C=O) groups is 1. The third-order valence-corrected chi connectivity index (χ3v) is 6.89. The minimum Gasteiger partial charge on any atom is -0.381 e. The Hall–Kier alpha value is -3.30. The lowest BCUT2D eigenvalue weighted by atomic mass is 10.1. The van der Waals surface area contributed by atoms with E-state index in [-0.39, 0.29) is 17.5 Å². The maximum atomic E-state index is 12.5. The third kappa shape index (κ3) is 5.52. The first-order chi connectivity index (χ1) is 17.1. The van der Waals surface area contributed by atoms with Crippen LogP contribution in [-0.2, 0) is 17.7 Å². The van der Waals surface area contributed by atoms with Crippen LogP contribution in [0.4, 0.5) is 5.69 Å². The van der Waals surface area contributed by atoms with E-state index in [1.165, 1.54) is 0 Å². The number of ether oxygens (including phenoxy) is 1. The summed E-state index contributed by atoms with van der Waals surface area (Å²) in [6.45, 7) is 7.74. The molecule has 0 saturated carbocycles. The summed E-state index contributed by atoms with van der Waals surface area (Å²) in [5.41, 5.74) is 4.91. The predicted molar refractivity (Wildman–Crippen MR) is 135 cm³/mol. The second-order valence-electron chi connectivity index (χ2n) is 9.28. The number of pyridine rings is 3. The normalized spacial score (nSPS) is 17.6. The summed E-state index contributed by atoms with van der Waals surface area (Å²) in [4.78, 5) is 41.3. The van der Waals surface area contributed by atoms with Gasteiger partial charge in [0.05, 0.1) is 22.9 Å². The number of hydrogen-bond donors (Lipinski definition) is 2. The molecule has 0 atom stereocenters. The van der Waals surface area contributed by atoms with Crippen LogP contribution in [0.15, 0.2) is 41.5 Å². The van der Waals surface area contributed by atoms with Gasteiger partial charge in [0.1, 0.15) is 5.69 Å². The quantitative estimate of drug-likeness (QED) is 0.562. The van der Waals surface area contributed by atoms with Gasteiger partial charge in [-0.2, -0.15) is 0 Å². The van der Waals surface area contributed by atoms with Crippen LogP contribution in [-0.4, -0.2) is 71.2 Å². The van der Waals surface area contributed by atoms with Crippen LogP contribution in [0, 0.1) is 0 Å². The molecule has 0 unspecified atom stereocenters. The predicted octanol–water partition coefficient (Wildman–Crippen LogP) is 2.11. The van der Waals surface area contributed by atoms with Crippen LogP contribution < -0.4 is 15.8 Å². The molecule has 0 spiro atoms.